The van der Waals surface area contributed by atoms with Crippen molar-refractivity contribution in [3.8, 4) is 0 Å². The van der Waals surface area contributed by atoms with Gasteiger partial charge in [0.15, 0.2) is 0 Å². The Morgan fingerprint density at radius 1 is 1.60 bits per heavy atom. The van der Waals surface area contributed by atoms with Gasteiger partial charge in [0, 0.05) is 0 Å². The van der Waals surface area contributed by atoms with Crippen LogP contribution in [0.5, 0.6) is 0 Å². The van der Waals surface area contributed by atoms with Gasteiger partial charge in [-0.05, 0) is 31.8 Å². The summed E-state index contributed by atoms with van der Waals surface area (Å²) in [5.74, 6) is 0.451. The first kappa shape index (κ1) is 11.7. The molecule has 1 aromatic heterocycles. The predicted octanol–water partition coefficient (Wildman–Crippen LogP) is 2.39. The van der Waals surface area contributed by atoms with E-state index in [0.717, 1.165) is 17.7 Å². The molecule has 0 aliphatic carbocycles. The lowest BCUT2D eigenvalue weighted by atomic mass is 10.1. The Bertz CT molecular complexity index is 416. The van der Waals surface area contributed by atoms with E-state index in [-0.39, 0.29) is 5.56 Å². The Morgan fingerprint density at radius 3 is 2.73 bits per heavy atom. The highest BCUT2D eigenvalue weighted by atomic mass is 16.1. The summed E-state index contributed by atoms with van der Waals surface area (Å²) in [6.45, 7) is 8.04. The number of H-pyrrole nitrogens is 1. The van der Waals surface area contributed by atoms with Gasteiger partial charge in [-0.2, -0.15) is 0 Å². The molecular weight excluding hydrogens is 188 g/mol. The van der Waals surface area contributed by atoms with Crippen LogP contribution in [0.15, 0.2) is 17.1 Å². The number of nitrogens with zero attached hydrogens (tertiary/aromatic N) is 1. The van der Waals surface area contributed by atoms with Crippen LogP contribution in [0, 0.1) is 5.92 Å². The molecule has 0 spiro atoms. The summed E-state index contributed by atoms with van der Waals surface area (Å²) in [6.07, 6.45) is 4.41. The van der Waals surface area contributed by atoms with Gasteiger partial charge in [-0.3, -0.25) is 9.78 Å². The van der Waals surface area contributed by atoms with Gasteiger partial charge in [0.05, 0.1) is 11.9 Å². The third-order valence-corrected chi connectivity index (χ3v) is 2.32. The molecule has 0 aromatic carbocycles. The van der Waals surface area contributed by atoms with Gasteiger partial charge in [0.1, 0.15) is 5.69 Å². The highest BCUT2D eigenvalue weighted by Gasteiger charge is 2.05. The summed E-state index contributed by atoms with van der Waals surface area (Å²) in [5.41, 5.74) is 2.39. The fourth-order valence-corrected chi connectivity index (χ4v) is 1.32. The van der Waals surface area contributed by atoms with Crippen molar-refractivity contribution in [1.29, 1.82) is 0 Å². The van der Waals surface area contributed by atoms with Crippen molar-refractivity contribution in [2.75, 3.05) is 0 Å². The Kier molecular flexibility index (Phi) is 3.83. The highest BCUT2D eigenvalue weighted by Crippen LogP contribution is 2.08. The molecule has 1 N–H and O–H groups in total. The fourth-order valence-electron chi connectivity index (χ4n) is 1.32. The van der Waals surface area contributed by atoms with Crippen molar-refractivity contribution < 1.29 is 0 Å². The van der Waals surface area contributed by atoms with Crippen molar-refractivity contribution >= 4 is 5.57 Å². The summed E-state index contributed by atoms with van der Waals surface area (Å²) in [5, 5.41) is 0. The predicted molar refractivity (Wildman–Crippen MR) is 62.7 cm³/mol. The van der Waals surface area contributed by atoms with E-state index in [1.54, 1.807) is 6.20 Å². The third-order valence-electron chi connectivity index (χ3n) is 2.32. The molecule has 0 radical (unpaired) electrons. The van der Waals surface area contributed by atoms with Gasteiger partial charge in [0.2, 0.25) is 0 Å². The second-order valence-corrected chi connectivity index (χ2v) is 4.14. The standard InChI is InChI=1S/C12H18N2O/c1-5-9(4)11-7-13-10(6-8(2)3)12(15)14-11/h5,7-8H,6H2,1-4H3,(H,14,15). The van der Waals surface area contributed by atoms with Crippen LogP contribution in [0.2, 0.25) is 0 Å². The molecule has 1 aromatic rings. The van der Waals surface area contributed by atoms with Gasteiger partial charge in [-0.1, -0.05) is 19.9 Å². The van der Waals surface area contributed by atoms with Crippen molar-refractivity contribution in [2.24, 2.45) is 5.92 Å². The summed E-state index contributed by atoms with van der Waals surface area (Å²) < 4.78 is 0. The lowest BCUT2D eigenvalue weighted by molar-refractivity contribution is 0.628. The number of aromatic nitrogens is 2. The van der Waals surface area contributed by atoms with E-state index < -0.39 is 0 Å². The molecule has 1 heterocycles. The maximum atomic E-state index is 11.7. The molecule has 0 aliphatic heterocycles. The molecule has 15 heavy (non-hydrogen) atoms. The van der Waals surface area contributed by atoms with Crippen molar-refractivity contribution in [3.63, 3.8) is 0 Å². The van der Waals surface area contributed by atoms with Crippen LogP contribution in [-0.4, -0.2) is 9.97 Å². The molecule has 0 saturated carbocycles. The Labute approximate surface area is 90.3 Å². The molecule has 0 aliphatic rings. The van der Waals surface area contributed by atoms with Crippen LogP contribution in [0.4, 0.5) is 0 Å². The smallest absolute Gasteiger partial charge is 0.270 e. The van der Waals surface area contributed by atoms with Gasteiger partial charge < -0.3 is 4.98 Å². The number of nitrogens with one attached hydrogen (secondary N) is 1. The van der Waals surface area contributed by atoms with Gasteiger partial charge in [0.25, 0.3) is 5.56 Å². The average Bonchev–Trinajstić information content (AvgIpc) is 2.19. The van der Waals surface area contributed by atoms with Crippen LogP contribution in [0.3, 0.4) is 0 Å². The molecule has 3 heteroatoms. The van der Waals surface area contributed by atoms with Crippen LogP contribution in [0.1, 0.15) is 39.1 Å². The first-order valence-electron chi connectivity index (χ1n) is 5.26. The zero-order valence-corrected chi connectivity index (χ0v) is 9.79. The van der Waals surface area contributed by atoms with Crippen LogP contribution < -0.4 is 5.56 Å². The lowest BCUT2D eigenvalue weighted by Crippen LogP contribution is -2.18. The molecule has 82 valence electrons. The average molecular weight is 206 g/mol. The molecule has 1 rings (SSSR count). The molecule has 0 amide bonds. The van der Waals surface area contributed by atoms with E-state index in [4.69, 9.17) is 0 Å². The lowest BCUT2D eigenvalue weighted by Gasteiger charge is -2.05. The first-order valence-corrected chi connectivity index (χ1v) is 5.26. The Balaban J connectivity index is 3.04. The maximum Gasteiger partial charge on any atom is 0.270 e. The summed E-state index contributed by atoms with van der Waals surface area (Å²) in [4.78, 5) is 18.7. The first-order chi connectivity index (χ1) is 7.04. The molecule has 0 saturated heterocycles. The molecule has 3 nitrogen and oxygen atoms in total. The minimum Gasteiger partial charge on any atom is -0.319 e. The van der Waals surface area contributed by atoms with Crippen molar-refractivity contribution in [3.05, 3.63) is 34.0 Å². The van der Waals surface area contributed by atoms with Crippen LogP contribution in [-0.2, 0) is 6.42 Å². The van der Waals surface area contributed by atoms with E-state index >= 15 is 0 Å². The normalized spacial score (nSPS) is 12.2. The van der Waals surface area contributed by atoms with Gasteiger partial charge in [-0.25, -0.2) is 0 Å². The molecule has 0 bridgehead atoms. The maximum absolute atomic E-state index is 11.7. The number of hydrogen-bond donors (Lipinski definition) is 1. The van der Waals surface area contributed by atoms with Crippen LogP contribution in [0.25, 0.3) is 5.57 Å². The van der Waals surface area contributed by atoms with E-state index in [2.05, 4.69) is 23.8 Å². The van der Waals surface area contributed by atoms with E-state index in [1.165, 1.54) is 0 Å². The topological polar surface area (TPSA) is 45.8 Å². The zero-order valence-electron chi connectivity index (χ0n) is 9.79. The Hall–Kier alpha value is -1.38. The number of hydrogen-bond acceptors (Lipinski definition) is 2. The largest absolute Gasteiger partial charge is 0.319 e. The SMILES string of the molecule is CC=C(C)c1cnc(CC(C)C)c(=O)[nH]1. The second kappa shape index (κ2) is 4.91. The number of rotatable bonds is 3. The van der Waals surface area contributed by atoms with E-state index in [0.29, 0.717) is 11.6 Å². The van der Waals surface area contributed by atoms with E-state index in [9.17, 15) is 4.79 Å². The quantitative estimate of drug-likeness (QED) is 0.825. The summed E-state index contributed by atoms with van der Waals surface area (Å²) in [7, 11) is 0. The Morgan fingerprint density at radius 2 is 2.27 bits per heavy atom. The minimum atomic E-state index is -0.0672. The van der Waals surface area contributed by atoms with Crippen molar-refractivity contribution in [1.82, 2.24) is 9.97 Å². The van der Waals surface area contributed by atoms with Crippen molar-refractivity contribution in [2.45, 2.75) is 34.1 Å². The second-order valence-electron chi connectivity index (χ2n) is 4.14. The fraction of sp³-hybridized carbons (Fsp3) is 0.500. The number of allylic oxidation sites excluding steroid dienone is 2. The van der Waals surface area contributed by atoms with Crippen LogP contribution >= 0.6 is 0 Å². The monoisotopic (exact) mass is 206 g/mol. The summed E-state index contributed by atoms with van der Waals surface area (Å²) in [6, 6.07) is 0. The third kappa shape index (κ3) is 3.05. The van der Waals surface area contributed by atoms with Gasteiger partial charge >= 0.3 is 0 Å². The molecule has 0 atom stereocenters. The zero-order chi connectivity index (χ0) is 11.4. The van der Waals surface area contributed by atoms with E-state index in [1.807, 2.05) is 19.9 Å². The van der Waals surface area contributed by atoms with Gasteiger partial charge in [-0.15, -0.1) is 0 Å². The molecule has 0 fully saturated rings. The minimum absolute atomic E-state index is 0.0672. The summed E-state index contributed by atoms with van der Waals surface area (Å²) >= 11 is 0. The molecule has 0 unspecified atom stereocenters. The highest BCUT2D eigenvalue weighted by molar-refractivity contribution is 5.58. The molecular formula is C12H18N2O. The number of aromatic amines is 1.